The molecule has 0 radical (unpaired) electrons. The fourth-order valence-electron chi connectivity index (χ4n) is 2.85. The monoisotopic (exact) mass is 443 g/mol. The van der Waals surface area contributed by atoms with Crippen LogP contribution in [-0.4, -0.2) is 69.6 Å². The molecule has 166 valence electrons. The van der Waals surface area contributed by atoms with Crippen molar-refractivity contribution in [2.75, 3.05) is 13.1 Å². The summed E-state index contributed by atoms with van der Waals surface area (Å²) in [4.78, 5) is 46.9. The van der Waals surface area contributed by atoms with Gasteiger partial charge in [0.2, 0.25) is 0 Å². The summed E-state index contributed by atoms with van der Waals surface area (Å²) in [5, 5.41) is 23.6. The number of carboxylic acids is 2. The maximum atomic E-state index is 12.8. The molecule has 0 saturated carbocycles. The molecule has 3 atom stereocenters. The molecule has 0 aliphatic carbocycles. The second-order valence-electron chi connectivity index (χ2n) is 7.19. The molecule has 12 heteroatoms. The summed E-state index contributed by atoms with van der Waals surface area (Å²) in [5.74, 6) is -4.43. The molecule has 0 bridgehead atoms. The van der Waals surface area contributed by atoms with Gasteiger partial charge in [-0.1, -0.05) is 13.3 Å². The van der Waals surface area contributed by atoms with Crippen molar-refractivity contribution in [2.45, 2.75) is 51.3 Å². The molecule has 1 aliphatic rings. The Kier molecular flexibility index (Phi) is 8.93. The van der Waals surface area contributed by atoms with Gasteiger partial charge in [-0.3, -0.25) is 23.8 Å². The van der Waals surface area contributed by atoms with E-state index in [0.29, 0.717) is 11.3 Å². The Morgan fingerprint density at radius 3 is 2.23 bits per heavy atom. The zero-order chi connectivity index (χ0) is 23.1. The highest BCUT2D eigenvalue weighted by atomic mass is 31.2. The van der Waals surface area contributed by atoms with Crippen LogP contribution < -0.4 is 10.4 Å². The van der Waals surface area contributed by atoms with E-state index in [9.17, 15) is 34.0 Å². The Bertz CT molecular complexity index is 799. The topological polar surface area (TPSA) is 162 Å². The van der Waals surface area contributed by atoms with Crippen molar-refractivity contribution in [1.29, 1.82) is 0 Å². The summed E-state index contributed by atoms with van der Waals surface area (Å²) < 4.78 is 18.3. The lowest BCUT2D eigenvalue weighted by molar-refractivity contribution is -0.153. The first-order chi connectivity index (χ1) is 13.9. The van der Waals surface area contributed by atoms with Gasteiger partial charge in [0.05, 0.1) is 5.60 Å². The Morgan fingerprint density at radius 1 is 1.23 bits per heavy atom. The Labute approximate surface area is 174 Å². The summed E-state index contributed by atoms with van der Waals surface area (Å²) in [6.07, 6.45) is 8.45. The number of terminal acetylenes is 1. The molecular weight excluding hydrogens is 417 g/mol. The fraction of sp³-hybridized carbons (Fsp3) is 0.556. The Balaban J connectivity index is 2.82. The van der Waals surface area contributed by atoms with Crippen molar-refractivity contribution in [3.8, 4) is 12.1 Å². The summed E-state index contributed by atoms with van der Waals surface area (Å²) in [6, 6.07) is -3.03. The highest BCUT2D eigenvalue weighted by Gasteiger charge is 2.37. The first-order valence-corrected chi connectivity index (χ1v) is 10.8. The minimum Gasteiger partial charge on any atom is -0.480 e. The maximum Gasteiger partial charge on any atom is 0.343 e. The van der Waals surface area contributed by atoms with Crippen LogP contribution in [0.25, 0.3) is 0 Å². The zero-order valence-corrected chi connectivity index (χ0v) is 17.8. The van der Waals surface area contributed by atoms with Gasteiger partial charge in [0, 0.05) is 30.9 Å². The number of carbonyl (C=O) groups is 4. The lowest BCUT2D eigenvalue weighted by atomic mass is 10.0. The van der Waals surface area contributed by atoms with Gasteiger partial charge in [-0.05, 0) is 20.3 Å². The van der Waals surface area contributed by atoms with E-state index < -0.39 is 62.0 Å². The van der Waals surface area contributed by atoms with E-state index in [0.717, 1.165) is 18.6 Å². The number of imide groups is 1. The molecule has 0 aromatic heterocycles. The van der Waals surface area contributed by atoms with Crippen LogP contribution >= 0.6 is 7.52 Å². The summed E-state index contributed by atoms with van der Waals surface area (Å²) >= 11 is 0. The van der Waals surface area contributed by atoms with Crippen LogP contribution in [0, 0.1) is 12.1 Å². The average Bonchev–Trinajstić information content (AvgIpc) is 2.95. The van der Waals surface area contributed by atoms with Crippen molar-refractivity contribution in [3.05, 3.63) is 12.2 Å². The average molecular weight is 443 g/mol. The van der Waals surface area contributed by atoms with Gasteiger partial charge in [-0.15, -0.1) is 6.42 Å². The quantitative estimate of drug-likeness (QED) is 0.178. The molecule has 11 nitrogen and oxygen atoms in total. The molecule has 0 aromatic carbocycles. The second-order valence-corrected chi connectivity index (χ2v) is 9.00. The largest absolute Gasteiger partial charge is 0.480 e. The van der Waals surface area contributed by atoms with Crippen molar-refractivity contribution in [2.24, 2.45) is 0 Å². The number of amides is 2. The summed E-state index contributed by atoms with van der Waals surface area (Å²) in [5.41, 5.74) is 1.12. The van der Waals surface area contributed by atoms with E-state index in [-0.39, 0.29) is 0 Å². The number of nitrogens with one attached hydrogen (secondary N) is 2. The molecule has 0 fully saturated rings. The molecule has 4 N–H and O–H groups in total. The van der Waals surface area contributed by atoms with Crippen LogP contribution in [-0.2, 0) is 28.3 Å². The third kappa shape index (κ3) is 7.07. The van der Waals surface area contributed by atoms with E-state index in [1.807, 2.05) is 12.6 Å². The number of nitrogens with zero attached hydrogens (tertiary/aromatic N) is 1. The Hall–Kier alpha value is -2.51. The van der Waals surface area contributed by atoms with Crippen LogP contribution in [0.1, 0.15) is 33.6 Å². The van der Waals surface area contributed by atoms with Crippen LogP contribution in [0.2, 0.25) is 0 Å². The predicted octanol–water partition coefficient (Wildman–Crippen LogP) is 0.376. The van der Waals surface area contributed by atoms with Crippen LogP contribution in [0.15, 0.2) is 12.2 Å². The first-order valence-electron chi connectivity index (χ1n) is 9.14. The van der Waals surface area contributed by atoms with Crippen LogP contribution in [0.3, 0.4) is 0 Å². The summed E-state index contributed by atoms with van der Waals surface area (Å²) in [7, 11) is -3.97. The number of aliphatic carboxylic acids is 2. The van der Waals surface area contributed by atoms with Crippen LogP contribution in [0.4, 0.5) is 0 Å². The molecular formula is C18H26N3O8P. The second kappa shape index (κ2) is 10.5. The van der Waals surface area contributed by atoms with Gasteiger partial charge in [0.15, 0.2) is 0 Å². The molecule has 30 heavy (non-hydrogen) atoms. The minimum absolute atomic E-state index is 0.397. The SMILES string of the molecule is C#CP(=O)(NC(CNCC(C(=O)O)N1C(=O)C=CC1=O)C(=O)O)OC(C)(C)CCC. The lowest BCUT2D eigenvalue weighted by Crippen LogP contribution is -2.52. The van der Waals surface area contributed by atoms with E-state index >= 15 is 0 Å². The highest BCUT2D eigenvalue weighted by Crippen LogP contribution is 2.46. The van der Waals surface area contributed by atoms with E-state index in [1.165, 1.54) is 0 Å². The molecule has 1 rings (SSSR count). The van der Waals surface area contributed by atoms with Gasteiger partial charge in [-0.2, -0.15) is 0 Å². The van der Waals surface area contributed by atoms with E-state index in [4.69, 9.17) is 10.9 Å². The standard InChI is InChI=1S/C18H26N3O8P/c1-5-9-18(3,4)29-30(28,6-2)20-12(16(24)25)10-19-11-13(17(26)27)21-14(22)7-8-15(21)23/h2,7-8,12-13,19H,5,9-11H2,1,3-4H3,(H,20,28)(H,24,25)(H,26,27). The zero-order valence-electron chi connectivity index (χ0n) is 17.0. The smallest absolute Gasteiger partial charge is 0.343 e. The summed E-state index contributed by atoms with van der Waals surface area (Å²) in [6.45, 7) is 4.42. The molecule has 1 aliphatic heterocycles. The van der Waals surface area contributed by atoms with Gasteiger partial charge in [-0.25, -0.2) is 9.88 Å². The minimum atomic E-state index is -3.97. The van der Waals surface area contributed by atoms with Crippen molar-refractivity contribution in [1.82, 2.24) is 15.3 Å². The van der Waals surface area contributed by atoms with Gasteiger partial charge < -0.3 is 20.1 Å². The molecule has 3 unspecified atom stereocenters. The highest BCUT2D eigenvalue weighted by molar-refractivity contribution is 7.62. The lowest BCUT2D eigenvalue weighted by Gasteiger charge is -2.30. The predicted molar refractivity (Wildman–Crippen MR) is 106 cm³/mol. The number of rotatable bonds is 13. The maximum absolute atomic E-state index is 12.8. The van der Waals surface area contributed by atoms with Gasteiger partial charge in [0.1, 0.15) is 12.1 Å². The third-order valence-corrected chi connectivity index (χ3v) is 5.89. The van der Waals surface area contributed by atoms with Gasteiger partial charge >= 0.3 is 19.5 Å². The molecule has 0 saturated heterocycles. The van der Waals surface area contributed by atoms with Gasteiger partial charge in [0.25, 0.3) is 11.8 Å². The number of hydrogen-bond donors (Lipinski definition) is 4. The Morgan fingerprint density at radius 2 is 1.80 bits per heavy atom. The molecule has 1 heterocycles. The fourth-order valence-corrected chi connectivity index (χ4v) is 4.43. The van der Waals surface area contributed by atoms with Crippen molar-refractivity contribution in [3.63, 3.8) is 0 Å². The van der Waals surface area contributed by atoms with Crippen molar-refractivity contribution < 1.29 is 38.5 Å². The third-order valence-electron chi connectivity index (χ3n) is 4.15. The first kappa shape index (κ1) is 25.5. The van der Waals surface area contributed by atoms with Crippen molar-refractivity contribution >= 4 is 31.3 Å². The normalized spacial score (nSPS) is 18.0. The molecule has 0 aromatic rings. The number of carboxylic acid groups (broad SMARTS) is 2. The number of hydrogen-bond acceptors (Lipinski definition) is 7. The van der Waals surface area contributed by atoms with E-state index in [2.05, 4.69) is 10.4 Å². The molecule has 0 spiro atoms. The van der Waals surface area contributed by atoms with Crippen LogP contribution in [0.5, 0.6) is 0 Å². The molecule has 2 amide bonds. The number of carbonyl (C=O) groups excluding carboxylic acids is 2. The van der Waals surface area contributed by atoms with E-state index in [1.54, 1.807) is 13.8 Å².